The minimum Gasteiger partial charge on any atom is -0.481 e. The van der Waals surface area contributed by atoms with Gasteiger partial charge in [0.15, 0.2) is 5.90 Å². The summed E-state index contributed by atoms with van der Waals surface area (Å²) in [5.74, 6) is -1.43. The number of nitrogens with zero attached hydrogens (tertiary/aromatic N) is 1. The molecule has 0 fully saturated rings. The molecule has 0 radical (unpaired) electrons. The topological polar surface area (TPSA) is 122 Å². The van der Waals surface area contributed by atoms with Crippen molar-refractivity contribution >= 4 is 39.4 Å². The van der Waals surface area contributed by atoms with Gasteiger partial charge in [0.2, 0.25) is 15.9 Å². The number of ether oxygens (including phenoxy) is 1. The molecule has 0 spiro atoms. The van der Waals surface area contributed by atoms with Gasteiger partial charge in [0.05, 0.1) is 31.7 Å². The number of benzene rings is 2. The number of carbonyl (C=O) groups excluding carboxylic acids is 1. The summed E-state index contributed by atoms with van der Waals surface area (Å²) < 4.78 is 30.6. The molecule has 0 saturated carbocycles. The predicted octanol–water partition coefficient (Wildman–Crippen LogP) is 4.46. The van der Waals surface area contributed by atoms with Crippen LogP contribution in [-0.4, -0.2) is 50.2 Å². The molecule has 0 aliphatic heterocycles. The lowest BCUT2D eigenvalue weighted by atomic mass is 9.99. The molecule has 2 aromatic carbocycles. The first kappa shape index (κ1) is 28.3. The van der Waals surface area contributed by atoms with Crippen LogP contribution in [0.5, 0.6) is 0 Å². The molecule has 190 valence electrons. The minimum absolute atomic E-state index is 0.0803. The Morgan fingerprint density at radius 2 is 1.83 bits per heavy atom. The highest BCUT2D eigenvalue weighted by molar-refractivity contribution is 7.89. The SMILES string of the molecule is CCCCOC(CCC(=O)O)=N[C@@H](CC(=O)NS(C)(=O)=O)Cc1ccc(-c2cccc(Cl)c2)cc1. The summed E-state index contributed by atoms with van der Waals surface area (Å²) in [6, 6.07) is 14.5. The van der Waals surface area contributed by atoms with Crippen molar-refractivity contribution in [2.24, 2.45) is 4.99 Å². The van der Waals surface area contributed by atoms with E-state index in [1.807, 2.05) is 54.1 Å². The molecule has 0 aromatic heterocycles. The van der Waals surface area contributed by atoms with Crippen molar-refractivity contribution in [1.82, 2.24) is 4.72 Å². The molecule has 0 aliphatic carbocycles. The number of nitrogens with one attached hydrogen (secondary N) is 1. The highest BCUT2D eigenvalue weighted by atomic mass is 35.5. The third-order valence-electron chi connectivity index (χ3n) is 4.95. The van der Waals surface area contributed by atoms with Crippen molar-refractivity contribution in [3.63, 3.8) is 0 Å². The number of rotatable bonds is 13. The van der Waals surface area contributed by atoms with E-state index in [2.05, 4.69) is 4.99 Å². The molecule has 35 heavy (non-hydrogen) atoms. The molecule has 1 atom stereocenters. The van der Waals surface area contributed by atoms with Crippen LogP contribution in [0.3, 0.4) is 0 Å². The number of carboxylic acid groups (broad SMARTS) is 1. The molecule has 0 saturated heterocycles. The molecule has 2 rings (SSSR count). The Hall–Kier alpha value is -2.91. The fourth-order valence-corrected chi connectivity index (χ4v) is 4.01. The molecule has 0 aliphatic rings. The van der Waals surface area contributed by atoms with Gasteiger partial charge in [-0.1, -0.05) is 61.3 Å². The van der Waals surface area contributed by atoms with E-state index in [0.29, 0.717) is 18.1 Å². The van der Waals surface area contributed by atoms with Crippen molar-refractivity contribution in [3.8, 4) is 11.1 Å². The van der Waals surface area contributed by atoms with Crippen LogP contribution in [0.1, 0.15) is 44.6 Å². The second-order valence-electron chi connectivity index (χ2n) is 8.19. The summed E-state index contributed by atoms with van der Waals surface area (Å²) in [6.07, 6.45) is 2.63. The quantitative estimate of drug-likeness (QED) is 0.227. The average Bonchev–Trinajstić information content (AvgIpc) is 2.76. The van der Waals surface area contributed by atoms with Crippen LogP contribution in [0, 0.1) is 0 Å². The van der Waals surface area contributed by atoms with Gasteiger partial charge in [0.1, 0.15) is 0 Å². The Labute approximate surface area is 211 Å². The Morgan fingerprint density at radius 1 is 1.11 bits per heavy atom. The molecule has 1 amide bonds. The van der Waals surface area contributed by atoms with E-state index in [1.165, 1.54) is 0 Å². The first-order valence-electron chi connectivity index (χ1n) is 11.3. The lowest BCUT2D eigenvalue weighted by Gasteiger charge is -2.16. The van der Waals surface area contributed by atoms with Crippen LogP contribution in [0.4, 0.5) is 0 Å². The van der Waals surface area contributed by atoms with Gasteiger partial charge < -0.3 is 9.84 Å². The zero-order valence-electron chi connectivity index (χ0n) is 19.9. The summed E-state index contributed by atoms with van der Waals surface area (Å²) in [5, 5.41) is 9.70. The Bertz CT molecular complexity index is 1130. The standard InChI is InChI=1S/C25H31ClN2O6S/c1-3-4-14-34-24(12-13-25(30)31)27-22(17-23(29)28-35(2,32)33)15-18-8-10-19(11-9-18)20-6-5-7-21(26)16-20/h5-11,16,22H,3-4,12-15,17H2,1-2H3,(H,28,29)(H,30,31)/t22-/m1/s1. The summed E-state index contributed by atoms with van der Waals surface area (Å²) in [7, 11) is -3.72. The van der Waals surface area contributed by atoms with Gasteiger partial charge >= 0.3 is 5.97 Å². The Morgan fingerprint density at radius 3 is 2.43 bits per heavy atom. The highest BCUT2D eigenvalue weighted by Gasteiger charge is 2.19. The number of halogens is 1. The smallest absolute Gasteiger partial charge is 0.303 e. The molecule has 2 N–H and O–H groups in total. The zero-order chi connectivity index (χ0) is 25.8. The summed E-state index contributed by atoms with van der Waals surface area (Å²) in [6.45, 7) is 2.38. The Kier molecular flexibility index (Phi) is 11.2. The fourth-order valence-electron chi connectivity index (χ4n) is 3.33. The summed E-state index contributed by atoms with van der Waals surface area (Å²) >= 11 is 6.08. The first-order valence-corrected chi connectivity index (χ1v) is 13.6. The fraction of sp³-hybridized carbons (Fsp3) is 0.400. The van der Waals surface area contributed by atoms with E-state index in [-0.39, 0.29) is 25.2 Å². The van der Waals surface area contributed by atoms with Crippen molar-refractivity contribution in [3.05, 3.63) is 59.1 Å². The van der Waals surface area contributed by atoms with Crippen LogP contribution in [0.25, 0.3) is 11.1 Å². The molecule has 8 nitrogen and oxygen atoms in total. The van der Waals surface area contributed by atoms with Crippen molar-refractivity contribution < 1.29 is 27.9 Å². The maximum absolute atomic E-state index is 12.3. The lowest BCUT2D eigenvalue weighted by molar-refractivity contribution is -0.136. The number of carbonyl (C=O) groups is 2. The van der Waals surface area contributed by atoms with Gasteiger partial charge in [-0.25, -0.2) is 8.42 Å². The Balaban J connectivity index is 2.26. The van der Waals surface area contributed by atoms with Crippen molar-refractivity contribution in [2.45, 2.75) is 51.5 Å². The summed E-state index contributed by atoms with van der Waals surface area (Å²) in [4.78, 5) is 27.9. The van der Waals surface area contributed by atoms with E-state index in [1.54, 1.807) is 6.07 Å². The molecular weight excluding hydrogens is 492 g/mol. The van der Waals surface area contributed by atoms with Gasteiger partial charge in [-0.2, -0.15) is 0 Å². The highest BCUT2D eigenvalue weighted by Crippen LogP contribution is 2.24. The average molecular weight is 523 g/mol. The number of sulfonamides is 1. The van der Waals surface area contributed by atoms with E-state index < -0.39 is 27.9 Å². The molecule has 0 unspecified atom stereocenters. The number of hydrogen-bond donors (Lipinski definition) is 2. The number of carboxylic acids is 1. The first-order chi connectivity index (χ1) is 16.6. The van der Waals surface area contributed by atoms with E-state index in [9.17, 15) is 18.0 Å². The lowest BCUT2D eigenvalue weighted by Crippen LogP contribution is -2.32. The van der Waals surface area contributed by atoms with Crippen molar-refractivity contribution in [2.75, 3.05) is 12.9 Å². The third kappa shape index (κ3) is 11.4. The van der Waals surface area contributed by atoms with Gasteiger partial charge in [-0.15, -0.1) is 0 Å². The normalized spacial score (nSPS) is 12.7. The van der Waals surface area contributed by atoms with Crippen LogP contribution >= 0.6 is 11.6 Å². The van der Waals surface area contributed by atoms with E-state index in [4.69, 9.17) is 21.4 Å². The number of aliphatic imine (C=N–C) groups is 1. The zero-order valence-corrected chi connectivity index (χ0v) is 21.4. The third-order valence-corrected chi connectivity index (χ3v) is 5.78. The van der Waals surface area contributed by atoms with Crippen LogP contribution < -0.4 is 4.72 Å². The second kappa shape index (κ2) is 13.8. The molecule has 0 heterocycles. The van der Waals surface area contributed by atoms with Crippen LogP contribution in [0.15, 0.2) is 53.5 Å². The largest absolute Gasteiger partial charge is 0.481 e. The van der Waals surface area contributed by atoms with Crippen LogP contribution in [-0.2, 0) is 30.8 Å². The van der Waals surface area contributed by atoms with Gasteiger partial charge in [-0.3, -0.25) is 19.3 Å². The van der Waals surface area contributed by atoms with Crippen LogP contribution in [0.2, 0.25) is 5.02 Å². The monoisotopic (exact) mass is 522 g/mol. The maximum Gasteiger partial charge on any atom is 0.303 e. The van der Waals surface area contributed by atoms with E-state index >= 15 is 0 Å². The molecular formula is C25H31ClN2O6S. The molecule has 2 aromatic rings. The summed E-state index contributed by atoms with van der Waals surface area (Å²) in [5.41, 5.74) is 2.81. The number of hydrogen-bond acceptors (Lipinski definition) is 6. The maximum atomic E-state index is 12.3. The van der Waals surface area contributed by atoms with E-state index in [0.717, 1.165) is 35.8 Å². The number of unbranched alkanes of at least 4 members (excludes halogenated alkanes) is 1. The number of aliphatic carboxylic acids is 1. The second-order valence-corrected chi connectivity index (χ2v) is 10.4. The minimum atomic E-state index is -3.72. The molecule has 0 bridgehead atoms. The van der Waals surface area contributed by atoms with Crippen molar-refractivity contribution in [1.29, 1.82) is 0 Å². The van der Waals surface area contributed by atoms with Gasteiger partial charge in [0, 0.05) is 11.4 Å². The van der Waals surface area contributed by atoms with Gasteiger partial charge in [-0.05, 0) is 41.7 Å². The number of amides is 1. The predicted molar refractivity (Wildman–Crippen MR) is 137 cm³/mol. The van der Waals surface area contributed by atoms with Gasteiger partial charge in [0.25, 0.3) is 0 Å². The molecule has 10 heteroatoms.